The van der Waals surface area contributed by atoms with Gasteiger partial charge in [-0.3, -0.25) is 9.59 Å². The van der Waals surface area contributed by atoms with Crippen LogP contribution in [0.25, 0.3) is 0 Å². The number of rotatable bonds is 5. The van der Waals surface area contributed by atoms with Gasteiger partial charge in [-0.25, -0.2) is 13.1 Å². The van der Waals surface area contributed by atoms with Gasteiger partial charge >= 0.3 is 5.97 Å². The minimum Gasteiger partial charge on any atom is -0.481 e. The van der Waals surface area contributed by atoms with Crippen molar-refractivity contribution in [2.75, 3.05) is 18.5 Å². The zero-order chi connectivity index (χ0) is 16.5. The Hall–Kier alpha value is -2.13. The van der Waals surface area contributed by atoms with Gasteiger partial charge in [-0.2, -0.15) is 0 Å². The number of ether oxygens (including phenoxy) is 1. The van der Waals surface area contributed by atoms with Crippen molar-refractivity contribution in [3.8, 4) is 5.75 Å². The van der Waals surface area contributed by atoms with Gasteiger partial charge in [0.05, 0.1) is 17.0 Å². The number of carboxylic acids is 1. The highest BCUT2D eigenvalue weighted by molar-refractivity contribution is 7.89. The minimum absolute atomic E-state index is 0.0607. The number of hydrogen-bond acceptors (Lipinski definition) is 5. The van der Waals surface area contributed by atoms with Gasteiger partial charge in [-0.15, -0.1) is 0 Å². The summed E-state index contributed by atoms with van der Waals surface area (Å²) >= 11 is 0. The van der Waals surface area contributed by atoms with Crippen molar-refractivity contribution >= 4 is 27.6 Å². The molecule has 0 bridgehead atoms. The summed E-state index contributed by atoms with van der Waals surface area (Å²) in [6, 6.07) is 4.14. The second-order valence-electron chi connectivity index (χ2n) is 4.83. The van der Waals surface area contributed by atoms with E-state index in [1.54, 1.807) is 6.92 Å². The van der Waals surface area contributed by atoms with Crippen molar-refractivity contribution < 1.29 is 27.9 Å². The van der Waals surface area contributed by atoms with Gasteiger partial charge in [-0.1, -0.05) is 0 Å². The maximum Gasteiger partial charge on any atom is 0.304 e. The third-order valence-corrected chi connectivity index (χ3v) is 4.67. The lowest BCUT2D eigenvalue weighted by Crippen LogP contribution is -2.42. The summed E-state index contributed by atoms with van der Waals surface area (Å²) in [5, 5.41) is 8.53. The fraction of sp³-hybridized carbons (Fsp3) is 0.385. The number of sulfonamides is 1. The lowest BCUT2D eigenvalue weighted by Gasteiger charge is -2.30. The molecular weight excluding hydrogens is 312 g/mol. The van der Waals surface area contributed by atoms with Crippen LogP contribution in [0.4, 0.5) is 5.69 Å². The average molecular weight is 328 g/mol. The predicted octanol–water partition coefficient (Wildman–Crippen LogP) is 0.183. The fourth-order valence-electron chi connectivity index (χ4n) is 2.03. The molecule has 0 saturated heterocycles. The number of carbonyl (C=O) groups is 2. The number of nitrogens with one attached hydrogen (secondary N) is 1. The van der Waals surface area contributed by atoms with Gasteiger partial charge < -0.3 is 14.7 Å². The van der Waals surface area contributed by atoms with E-state index in [4.69, 9.17) is 9.84 Å². The molecule has 0 aliphatic carbocycles. The molecule has 1 unspecified atom stereocenters. The van der Waals surface area contributed by atoms with Gasteiger partial charge in [-0.05, 0) is 25.1 Å². The van der Waals surface area contributed by atoms with Crippen molar-refractivity contribution in [1.29, 1.82) is 0 Å². The zero-order valence-corrected chi connectivity index (χ0v) is 12.9. The normalized spacial score (nSPS) is 17.8. The van der Waals surface area contributed by atoms with E-state index < -0.39 is 22.1 Å². The molecular formula is C13H16N2O6S. The van der Waals surface area contributed by atoms with E-state index in [2.05, 4.69) is 4.72 Å². The van der Waals surface area contributed by atoms with E-state index in [1.165, 1.54) is 30.1 Å². The van der Waals surface area contributed by atoms with E-state index in [-0.39, 0.29) is 23.8 Å². The molecule has 1 aliphatic heterocycles. The Labute approximate surface area is 127 Å². The van der Waals surface area contributed by atoms with Crippen molar-refractivity contribution in [3.05, 3.63) is 18.2 Å². The Morgan fingerprint density at radius 1 is 1.45 bits per heavy atom. The molecule has 0 saturated carbocycles. The van der Waals surface area contributed by atoms with E-state index in [0.29, 0.717) is 11.4 Å². The van der Waals surface area contributed by atoms with Crippen LogP contribution in [-0.4, -0.2) is 45.1 Å². The highest BCUT2D eigenvalue weighted by Gasteiger charge is 2.30. The number of carboxylic acid groups (broad SMARTS) is 1. The minimum atomic E-state index is -3.85. The van der Waals surface area contributed by atoms with Crippen molar-refractivity contribution in [1.82, 2.24) is 4.72 Å². The highest BCUT2D eigenvalue weighted by atomic mass is 32.2. The largest absolute Gasteiger partial charge is 0.481 e. The third kappa shape index (κ3) is 3.20. The Balaban J connectivity index is 2.27. The number of aliphatic carboxylic acids is 1. The number of benzene rings is 1. The van der Waals surface area contributed by atoms with Crippen LogP contribution in [0, 0.1) is 0 Å². The number of fused-ring (bicyclic) bond motifs is 1. The molecule has 0 spiro atoms. The van der Waals surface area contributed by atoms with Gasteiger partial charge in [0.1, 0.15) is 5.75 Å². The first-order valence-corrected chi connectivity index (χ1v) is 8.00. The van der Waals surface area contributed by atoms with Crippen LogP contribution in [-0.2, 0) is 19.6 Å². The second kappa shape index (κ2) is 5.93. The molecule has 2 rings (SSSR count). The molecule has 1 aromatic carbocycles. The maximum absolute atomic E-state index is 12.1. The van der Waals surface area contributed by atoms with Crippen LogP contribution in [0.15, 0.2) is 23.1 Å². The summed E-state index contributed by atoms with van der Waals surface area (Å²) in [4.78, 5) is 23.6. The Morgan fingerprint density at radius 2 is 2.14 bits per heavy atom. The van der Waals surface area contributed by atoms with Crippen LogP contribution in [0.2, 0.25) is 0 Å². The predicted molar refractivity (Wildman–Crippen MR) is 77.4 cm³/mol. The summed E-state index contributed by atoms with van der Waals surface area (Å²) in [5.74, 6) is -0.958. The lowest BCUT2D eigenvalue weighted by molar-refractivity contribution is -0.136. The number of hydrogen-bond donors (Lipinski definition) is 2. The van der Waals surface area contributed by atoms with Crippen molar-refractivity contribution in [2.24, 2.45) is 0 Å². The highest BCUT2D eigenvalue weighted by Crippen LogP contribution is 2.34. The fourth-order valence-corrected chi connectivity index (χ4v) is 3.09. The molecule has 0 radical (unpaired) electrons. The second-order valence-corrected chi connectivity index (χ2v) is 6.60. The summed E-state index contributed by atoms with van der Waals surface area (Å²) in [5.41, 5.74) is 0.351. The Bertz CT molecular complexity index is 715. The van der Waals surface area contributed by atoms with Crippen molar-refractivity contribution in [2.45, 2.75) is 24.3 Å². The van der Waals surface area contributed by atoms with E-state index >= 15 is 0 Å². The number of nitrogens with zero attached hydrogens (tertiary/aromatic N) is 1. The molecule has 1 amide bonds. The first-order valence-electron chi connectivity index (χ1n) is 6.52. The number of anilines is 1. The molecule has 0 fully saturated rings. The van der Waals surface area contributed by atoms with Gasteiger partial charge in [0.15, 0.2) is 6.10 Å². The summed E-state index contributed by atoms with van der Waals surface area (Å²) in [6.07, 6.45) is -0.947. The smallest absolute Gasteiger partial charge is 0.304 e. The molecule has 8 nitrogen and oxygen atoms in total. The maximum atomic E-state index is 12.1. The quantitative estimate of drug-likeness (QED) is 0.797. The molecule has 120 valence electrons. The van der Waals surface area contributed by atoms with E-state index in [0.717, 1.165) is 0 Å². The van der Waals surface area contributed by atoms with Crippen LogP contribution < -0.4 is 14.4 Å². The van der Waals surface area contributed by atoms with E-state index in [1.807, 2.05) is 0 Å². The van der Waals surface area contributed by atoms with Crippen LogP contribution in [0.1, 0.15) is 13.3 Å². The van der Waals surface area contributed by atoms with Crippen LogP contribution in [0.5, 0.6) is 5.75 Å². The number of likely N-dealkylation sites (N-methyl/N-ethyl adjacent to an activating group) is 1. The summed E-state index contributed by atoms with van der Waals surface area (Å²) < 4.78 is 31.8. The Kier molecular flexibility index (Phi) is 4.38. The molecule has 1 heterocycles. The summed E-state index contributed by atoms with van der Waals surface area (Å²) in [6.45, 7) is 1.40. The molecule has 1 atom stereocenters. The first-order chi connectivity index (χ1) is 10.2. The monoisotopic (exact) mass is 328 g/mol. The van der Waals surface area contributed by atoms with Gasteiger partial charge in [0.2, 0.25) is 10.0 Å². The first kappa shape index (κ1) is 16.2. The molecule has 1 aliphatic rings. The van der Waals surface area contributed by atoms with Gasteiger partial charge in [0, 0.05) is 13.6 Å². The zero-order valence-electron chi connectivity index (χ0n) is 12.1. The Morgan fingerprint density at radius 3 is 2.77 bits per heavy atom. The van der Waals surface area contributed by atoms with Crippen molar-refractivity contribution in [3.63, 3.8) is 0 Å². The standard InChI is InChI=1S/C13H16N2O6S/c1-8-13(18)15(2)10-7-9(3-4-11(10)21-8)22(19,20)14-6-5-12(16)17/h3-4,7-8,14H,5-6H2,1-2H3,(H,16,17). The SMILES string of the molecule is CC1Oc2ccc(S(=O)(=O)NCCC(=O)O)cc2N(C)C1=O. The van der Waals surface area contributed by atoms with Crippen LogP contribution >= 0.6 is 0 Å². The third-order valence-electron chi connectivity index (χ3n) is 3.22. The van der Waals surface area contributed by atoms with Gasteiger partial charge in [0.25, 0.3) is 5.91 Å². The lowest BCUT2D eigenvalue weighted by atomic mass is 10.2. The number of carbonyl (C=O) groups excluding carboxylic acids is 1. The number of amides is 1. The molecule has 22 heavy (non-hydrogen) atoms. The molecule has 1 aromatic rings. The van der Waals surface area contributed by atoms with Crippen LogP contribution in [0.3, 0.4) is 0 Å². The summed E-state index contributed by atoms with van der Waals surface area (Å²) in [7, 11) is -2.31. The van der Waals surface area contributed by atoms with E-state index in [9.17, 15) is 18.0 Å². The molecule has 0 aromatic heterocycles. The average Bonchev–Trinajstić information content (AvgIpc) is 2.44. The topological polar surface area (TPSA) is 113 Å². The molecule has 9 heteroatoms. The molecule has 2 N–H and O–H groups in total.